The van der Waals surface area contributed by atoms with Gasteiger partial charge in [-0.3, -0.25) is 10.2 Å². The van der Waals surface area contributed by atoms with Crippen LogP contribution < -0.4 is 0 Å². The van der Waals surface area contributed by atoms with E-state index < -0.39 is 15.7 Å². The van der Waals surface area contributed by atoms with Crippen molar-refractivity contribution < 1.29 is 17.6 Å². The first-order chi connectivity index (χ1) is 13.2. The molecule has 4 rings (SSSR count). The summed E-state index contributed by atoms with van der Waals surface area (Å²) in [6, 6.07) is 10.9. The maximum atomic E-state index is 12.3. The predicted molar refractivity (Wildman–Crippen MR) is 112 cm³/mol. The molecular formula is C17H11BrN4O4S2. The van der Waals surface area contributed by atoms with E-state index in [2.05, 4.69) is 25.3 Å². The number of nitrogens with zero attached hydrogens (tertiary/aromatic N) is 3. The highest BCUT2D eigenvalue weighted by atomic mass is 79.9. The lowest BCUT2D eigenvalue weighted by molar-refractivity contribution is -0.114. The molecule has 1 aromatic carbocycles. The molecular weight excluding hydrogens is 468 g/mol. The van der Waals surface area contributed by atoms with Crippen LogP contribution in [-0.2, 0) is 14.6 Å². The van der Waals surface area contributed by atoms with Crippen LogP contribution in [0.3, 0.4) is 0 Å². The van der Waals surface area contributed by atoms with Gasteiger partial charge in [0.1, 0.15) is 17.4 Å². The molecule has 0 bridgehead atoms. The average Bonchev–Trinajstić information content (AvgIpc) is 3.26. The van der Waals surface area contributed by atoms with E-state index in [1.54, 1.807) is 12.1 Å². The minimum absolute atomic E-state index is 0.0440. The van der Waals surface area contributed by atoms with Gasteiger partial charge in [0.25, 0.3) is 5.91 Å². The molecule has 0 spiro atoms. The highest BCUT2D eigenvalue weighted by Crippen LogP contribution is 2.30. The van der Waals surface area contributed by atoms with Gasteiger partial charge in [-0.25, -0.2) is 13.3 Å². The fourth-order valence-electron chi connectivity index (χ4n) is 2.58. The molecule has 0 fully saturated rings. The van der Waals surface area contributed by atoms with Gasteiger partial charge in [0.2, 0.25) is 20.2 Å². The van der Waals surface area contributed by atoms with Gasteiger partial charge in [-0.1, -0.05) is 28.1 Å². The molecule has 3 heterocycles. The first kappa shape index (κ1) is 18.8. The van der Waals surface area contributed by atoms with Crippen molar-refractivity contribution in [3.05, 3.63) is 52.2 Å². The second-order valence-electron chi connectivity index (χ2n) is 5.89. The van der Waals surface area contributed by atoms with Crippen molar-refractivity contribution in [1.29, 1.82) is 5.41 Å². The summed E-state index contributed by atoms with van der Waals surface area (Å²) in [7, 11) is -3.69. The molecule has 0 radical (unpaired) electrons. The zero-order valence-electron chi connectivity index (χ0n) is 14.2. The summed E-state index contributed by atoms with van der Waals surface area (Å²) in [5.74, 6) is -0.0381. The number of halogens is 1. The number of nitrogens with one attached hydrogen (secondary N) is 1. The second kappa shape index (κ2) is 6.83. The van der Waals surface area contributed by atoms with Crippen LogP contribution in [-0.4, -0.2) is 41.7 Å². The van der Waals surface area contributed by atoms with Gasteiger partial charge in [0.15, 0.2) is 0 Å². The van der Waals surface area contributed by atoms with E-state index in [4.69, 9.17) is 9.83 Å². The van der Waals surface area contributed by atoms with Crippen molar-refractivity contribution in [1.82, 2.24) is 4.90 Å². The maximum Gasteiger partial charge on any atom is 0.283 e. The summed E-state index contributed by atoms with van der Waals surface area (Å²) in [5, 5.41) is 8.03. The van der Waals surface area contributed by atoms with Crippen molar-refractivity contribution >= 4 is 65.9 Å². The number of sulfone groups is 1. The molecule has 11 heteroatoms. The number of amides is 1. The minimum atomic E-state index is -3.69. The fraction of sp³-hybridized carbons (Fsp3) is 0.0588. The highest BCUT2D eigenvalue weighted by molar-refractivity contribution is 9.10. The number of rotatable bonds is 2. The Hall–Kier alpha value is -2.50. The molecule has 0 atom stereocenters. The molecule has 1 amide bonds. The van der Waals surface area contributed by atoms with E-state index in [1.807, 2.05) is 24.3 Å². The molecule has 1 aromatic heterocycles. The van der Waals surface area contributed by atoms with Crippen LogP contribution in [0.1, 0.15) is 5.76 Å². The van der Waals surface area contributed by atoms with Crippen LogP contribution in [0.15, 0.2) is 60.3 Å². The third-order valence-electron chi connectivity index (χ3n) is 3.87. The van der Waals surface area contributed by atoms with Gasteiger partial charge in [-0.15, -0.1) is 0 Å². The molecule has 142 valence electrons. The van der Waals surface area contributed by atoms with Crippen LogP contribution in [0.4, 0.5) is 0 Å². The van der Waals surface area contributed by atoms with E-state index in [9.17, 15) is 13.2 Å². The first-order valence-corrected chi connectivity index (χ1v) is 11.2. The third-order valence-corrected chi connectivity index (χ3v) is 6.15. The molecule has 0 saturated heterocycles. The lowest BCUT2D eigenvalue weighted by Crippen LogP contribution is -2.45. The molecule has 2 aromatic rings. The molecule has 2 aliphatic heterocycles. The maximum absolute atomic E-state index is 12.3. The predicted octanol–water partition coefficient (Wildman–Crippen LogP) is 3.33. The topological polar surface area (TPSA) is 116 Å². The van der Waals surface area contributed by atoms with E-state index in [0.29, 0.717) is 11.5 Å². The molecule has 28 heavy (non-hydrogen) atoms. The molecule has 8 nitrogen and oxygen atoms in total. The van der Waals surface area contributed by atoms with E-state index in [1.165, 1.54) is 6.08 Å². The van der Waals surface area contributed by atoms with Crippen LogP contribution in [0.5, 0.6) is 0 Å². The Bertz CT molecular complexity index is 1210. The fourth-order valence-corrected chi connectivity index (χ4v) is 4.69. The summed E-state index contributed by atoms with van der Waals surface area (Å²) in [4.78, 5) is 17.2. The number of hydrogen-bond acceptors (Lipinski definition) is 7. The zero-order chi connectivity index (χ0) is 20.1. The minimum Gasteiger partial charge on any atom is -0.457 e. The smallest absolute Gasteiger partial charge is 0.283 e. The number of fused-ring (bicyclic) bond motifs is 1. The summed E-state index contributed by atoms with van der Waals surface area (Å²) in [6.07, 6.45) is 2.36. The molecule has 1 N–H and O–H groups in total. The van der Waals surface area contributed by atoms with Crippen molar-refractivity contribution in [2.24, 2.45) is 9.39 Å². The van der Waals surface area contributed by atoms with Crippen molar-refractivity contribution in [2.75, 3.05) is 6.26 Å². The third kappa shape index (κ3) is 3.36. The number of benzene rings is 1. The zero-order valence-corrected chi connectivity index (χ0v) is 17.4. The summed E-state index contributed by atoms with van der Waals surface area (Å²) < 4.78 is 34.3. The van der Waals surface area contributed by atoms with Crippen molar-refractivity contribution in [3.63, 3.8) is 0 Å². The van der Waals surface area contributed by atoms with Gasteiger partial charge < -0.3 is 4.42 Å². The Morgan fingerprint density at radius 2 is 1.93 bits per heavy atom. The first-order valence-electron chi connectivity index (χ1n) is 7.78. The van der Waals surface area contributed by atoms with Crippen LogP contribution >= 0.6 is 27.9 Å². The standard InChI is InChI=1S/C17H11BrN4O4S2/c1-28(24,25)17-21-27-16-20-15(23)12(14(19)22(16)17)8-11-6-7-13(26-11)9-2-4-10(18)5-3-9/h2-8,19H,1H3. The van der Waals surface area contributed by atoms with Crippen LogP contribution in [0.25, 0.3) is 17.4 Å². The Kier molecular flexibility index (Phi) is 4.60. The monoisotopic (exact) mass is 478 g/mol. The SMILES string of the molecule is CS(=O)(=O)C1=NSC2=NC(=O)C(=Cc3ccc(-c4ccc(Br)cc4)o3)C(=N)N21. The largest absolute Gasteiger partial charge is 0.457 e. The number of carbonyl (C=O) groups excluding carboxylic acids is 1. The molecule has 2 aliphatic rings. The van der Waals surface area contributed by atoms with Gasteiger partial charge in [-0.05, 0) is 30.3 Å². The normalized spacial score (nSPS) is 18.4. The van der Waals surface area contributed by atoms with E-state index >= 15 is 0 Å². The van der Waals surface area contributed by atoms with Crippen LogP contribution in [0, 0.1) is 5.41 Å². The van der Waals surface area contributed by atoms with E-state index in [0.717, 1.165) is 33.1 Å². The number of amidine groups is 3. The average molecular weight is 479 g/mol. The summed E-state index contributed by atoms with van der Waals surface area (Å²) in [5.41, 5.74) is 0.764. The van der Waals surface area contributed by atoms with E-state index in [-0.39, 0.29) is 21.7 Å². The Morgan fingerprint density at radius 1 is 1.21 bits per heavy atom. The van der Waals surface area contributed by atoms with Crippen molar-refractivity contribution in [2.45, 2.75) is 0 Å². The molecule has 0 aliphatic carbocycles. The Balaban J connectivity index is 1.69. The van der Waals surface area contributed by atoms with Gasteiger partial charge in [-0.2, -0.15) is 9.39 Å². The van der Waals surface area contributed by atoms with Crippen molar-refractivity contribution in [3.8, 4) is 11.3 Å². The highest BCUT2D eigenvalue weighted by Gasteiger charge is 2.41. The number of hydrogen-bond donors (Lipinski definition) is 1. The number of furan rings is 1. The molecule has 0 unspecified atom stereocenters. The Morgan fingerprint density at radius 3 is 2.61 bits per heavy atom. The number of aliphatic imine (C=N–C) groups is 1. The quantitative estimate of drug-likeness (QED) is 0.522. The molecule has 0 saturated carbocycles. The van der Waals surface area contributed by atoms with Gasteiger partial charge in [0.05, 0.1) is 17.5 Å². The lowest BCUT2D eigenvalue weighted by atomic mass is 10.1. The Labute approximate surface area is 172 Å². The van der Waals surface area contributed by atoms with Gasteiger partial charge >= 0.3 is 0 Å². The summed E-state index contributed by atoms with van der Waals surface area (Å²) in [6.45, 7) is 0. The van der Waals surface area contributed by atoms with Crippen LogP contribution in [0.2, 0.25) is 0 Å². The lowest BCUT2D eigenvalue weighted by Gasteiger charge is -2.23. The summed E-state index contributed by atoms with van der Waals surface area (Å²) >= 11 is 4.12. The van der Waals surface area contributed by atoms with Gasteiger partial charge in [0, 0.05) is 16.3 Å². The second-order valence-corrected chi connectivity index (χ2v) is 9.44. The number of carbonyl (C=O) groups is 1.